The summed E-state index contributed by atoms with van der Waals surface area (Å²) in [7, 11) is 0. The van der Waals surface area contributed by atoms with E-state index in [1.165, 1.54) is 0 Å². The van der Waals surface area contributed by atoms with Gasteiger partial charge < -0.3 is 25.5 Å². The van der Waals surface area contributed by atoms with Gasteiger partial charge in [-0.15, -0.1) is 0 Å². The van der Waals surface area contributed by atoms with Crippen LogP contribution in [0.2, 0.25) is 0 Å². The van der Waals surface area contributed by atoms with E-state index in [2.05, 4.69) is 17.5 Å². The van der Waals surface area contributed by atoms with Gasteiger partial charge in [-0.3, -0.25) is 4.72 Å². The van der Waals surface area contributed by atoms with Crippen LogP contribution >= 0.6 is 12.8 Å². The van der Waals surface area contributed by atoms with Crippen LogP contribution in [0.15, 0.2) is 0 Å². The first-order valence-corrected chi connectivity index (χ1v) is 4.19. The van der Waals surface area contributed by atoms with Crippen LogP contribution in [0.5, 0.6) is 0 Å². The topological polar surface area (TPSA) is 113 Å². The first-order valence-electron chi connectivity index (χ1n) is 3.74. The normalized spacial score (nSPS) is 20.8. The third kappa shape index (κ3) is 4.23. The first-order chi connectivity index (χ1) is 6.04. The van der Waals surface area contributed by atoms with Gasteiger partial charge in [0.15, 0.2) is 0 Å². The lowest BCUT2D eigenvalue weighted by Crippen LogP contribution is -2.48. The lowest BCUT2D eigenvalue weighted by atomic mass is 10.0. The van der Waals surface area contributed by atoms with E-state index in [-0.39, 0.29) is 6.54 Å². The molecule has 6 nitrogen and oxygen atoms in total. The van der Waals surface area contributed by atoms with Crippen LogP contribution < -0.4 is 4.72 Å². The van der Waals surface area contributed by atoms with E-state index in [1.54, 1.807) is 0 Å². The molecular formula is C6H15NO5S. The number of aliphatic hydroxyl groups excluding tert-OH is 5. The molecule has 0 bridgehead atoms. The van der Waals surface area contributed by atoms with Crippen LogP contribution in [0, 0.1) is 0 Å². The second-order valence-electron chi connectivity index (χ2n) is 2.66. The van der Waals surface area contributed by atoms with Crippen molar-refractivity contribution in [2.24, 2.45) is 0 Å². The summed E-state index contributed by atoms with van der Waals surface area (Å²) in [6.45, 7) is -0.723. The largest absolute Gasteiger partial charge is 0.394 e. The van der Waals surface area contributed by atoms with E-state index >= 15 is 0 Å². The van der Waals surface area contributed by atoms with E-state index in [1.807, 2.05) is 0 Å². The minimum atomic E-state index is -1.58. The lowest BCUT2D eigenvalue weighted by Gasteiger charge is -2.25. The van der Waals surface area contributed by atoms with Gasteiger partial charge in [0.2, 0.25) is 0 Å². The fourth-order valence-electron chi connectivity index (χ4n) is 0.777. The number of rotatable bonds is 6. The van der Waals surface area contributed by atoms with E-state index in [9.17, 15) is 5.11 Å². The Hall–Kier alpha value is 0.110. The van der Waals surface area contributed by atoms with E-state index in [0.717, 1.165) is 0 Å². The molecule has 0 aliphatic heterocycles. The smallest absolute Gasteiger partial charge is 0.111 e. The molecule has 0 aliphatic carbocycles. The molecule has 0 aromatic carbocycles. The second-order valence-corrected chi connectivity index (χ2v) is 2.98. The van der Waals surface area contributed by atoms with Crippen LogP contribution in [0.25, 0.3) is 0 Å². The zero-order chi connectivity index (χ0) is 10.4. The fraction of sp³-hybridized carbons (Fsp3) is 1.00. The summed E-state index contributed by atoms with van der Waals surface area (Å²) in [6.07, 6.45) is -5.83. The molecule has 0 aromatic rings. The second kappa shape index (κ2) is 6.55. The molecule has 13 heavy (non-hydrogen) atoms. The molecule has 0 unspecified atom stereocenters. The third-order valence-electron chi connectivity index (χ3n) is 1.63. The van der Waals surface area contributed by atoms with Gasteiger partial charge in [-0.1, -0.05) is 12.8 Å². The van der Waals surface area contributed by atoms with Gasteiger partial charge in [-0.05, 0) is 0 Å². The third-order valence-corrected chi connectivity index (χ3v) is 1.81. The summed E-state index contributed by atoms with van der Waals surface area (Å²) in [4.78, 5) is 0. The van der Waals surface area contributed by atoms with Gasteiger partial charge in [0.25, 0.3) is 0 Å². The van der Waals surface area contributed by atoms with Crippen molar-refractivity contribution in [3.63, 3.8) is 0 Å². The van der Waals surface area contributed by atoms with E-state index < -0.39 is 31.0 Å². The zero-order valence-electron chi connectivity index (χ0n) is 6.91. The Labute approximate surface area is 81.4 Å². The molecule has 0 spiro atoms. The lowest BCUT2D eigenvalue weighted by molar-refractivity contribution is -0.113. The van der Waals surface area contributed by atoms with Gasteiger partial charge >= 0.3 is 0 Å². The SMILES string of the molecule is OC[C@@H](O)[C@@H](O)[C@H](O)[C@@H](O)CNS. The molecular weight excluding hydrogens is 198 g/mol. The molecule has 0 aliphatic rings. The Morgan fingerprint density at radius 3 is 1.85 bits per heavy atom. The number of hydrogen-bond acceptors (Lipinski definition) is 7. The molecule has 7 heteroatoms. The summed E-state index contributed by atoms with van der Waals surface area (Å²) >= 11 is 3.58. The maximum absolute atomic E-state index is 9.17. The van der Waals surface area contributed by atoms with Gasteiger partial charge in [0.05, 0.1) is 12.7 Å². The number of thiol groups is 1. The highest BCUT2D eigenvalue weighted by atomic mass is 32.1. The Morgan fingerprint density at radius 2 is 1.46 bits per heavy atom. The average molecular weight is 213 g/mol. The highest BCUT2D eigenvalue weighted by Gasteiger charge is 2.29. The van der Waals surface area contributed by atoms with Gasteiger partial charge in [-0.2, -0.15) is 0 Å². The van der Waals surface area contributed by atoms with Crippen LogP contribution in [0.3, 0.4) is 0 Å². The Balaban J connectivity index is 3.99. The van der Waals surface area contributed by atoms with E-state index in [4.69, 9.17) is 20.4 Å². The van der Waals surface area contributed by atoms with Crippen molar-refractivity contribution < 1.29 is 25.5 Å². The molecule has 0 saturated heterocycles. The predicted octanol–water partition coefficient (Wildman–Crippen LogP) is -3.14. The van der Waals surface area contributed by atoms with Crippen LogP contribution in [0.4, 0.5) is 0 Å². The van der Waals surface area contributed by atoms with Crippen LogP contribution in [-0.4, -0.2) is 63.1 Å². The van der Waals surface area contributed by atoms with E-state index in [0.29, 0.717) is 0 Å². The predicted molar refractivity (Wildman–Crippen MR) is 48.1 cm³/mol. The summed E-state index contributed by atoms with van der Waals surface area (Å²) < 4.78 is 2.29. The number of nitrogens with one attached hydrogen (secondary N) is 1. The van der Waals surface area contributed by atoms with Crippen molar-refractivity contribution >= 4 is 12.8 Å². The maximum atomic E-state index is 9.17. The summed E-state index contributed by atoms with van der Waals surface area (Å²) in [6, 6.07) is 0. The molecule has 0 rings (SSSR count). The quantitative estimate of drug-likeness (QED) is 0.235. The molecule has 0 saturated carbocycles. The van der Waals surface area contributed by atoms with Crippen molar-refractivity contribution in [3.8, 4) is 0 Å². The minimum Gasteiger partial charge on any atom is -0.394 e. The number of hydrogen-bond donors (Lipinski definition) is 7. The summed E-state index contributed by atoms with van der Waals surface area (Å²) in [5, 5.41) is 44.7. The molecule has 0 amide bonds. The van der Waals surface area contributed by atoms with Crippen molar-refractivity contribution in [2.45, 2.75) is 24.4 Å². The Kier molecular flexibility index (Phi) is 6.60. The highest BCUT2D eigenvalue weighted by Crippen LogP contribution is 2.04. The number of aliphatic hydroxyl groups is 5. The fourth-order valence-corrected chi connectivity index (χ4v) is 0.965. The Bertz CT molecular complexity index is 138. The standard InChI is InChI=1S/C6H15NO5S/c8-2-4(10)6(12)5(11)3(9)1-7-13/h3-13H,1-2H2/t3-,4+,5+,6+/m0/s1. The zero-order valence-corrected chi connectivity index (χ0v) is 7.80. The van der Waals surface area contributed by atoms with Crippen molar-refractivity contribution in [1.29, 1.82) is 0 Å². The minimum absolute atomic E-state index is 0.0422. The monoisotopic (exact) mass is 213 g/mol. The summed E-state index contributed by atoms with van der Waals surface area (Å²) in [5.41, 5.74) is 0. The average Bonchev–Trinajstić information content (AvgIpc) is 2.14. The van der Waals surface area contributed by atoms with Crippen molar-refractivity contribution in [2.75, 3.05) is 13.2 Å². The van der Waals surface area contributed by atoms with Crippen LogP contribution in [0.1, 0.15) is 0 Å². The van der Waals surface area contributed by atoms with Crippen molar-refractivity contribution in [1.82, 2.24) is 4.72 Å². The highest BCUT2D eigenvalue weighted by molar-refractivity contribution is 7.78. The molecule has 0 aromatic heterocycles. The van der Waals surface area contributed by atoms with Gasteiger partial charge in [0.1, 0.15) is 18.3 Å². The molecule has 4 atom stereocenters. The molecule has 0 fully saturated rings. The molecule has 0 radical (unpaired) electrons. The van der Waals surface area contributed by atoms with Gasteiger partial charge in [-0.25, -0.2) is 0 Å². The van der Waals surface area contributed by atoms with Gasteiger partial charge in [0, 0.05) is 6.54 Å². The summed E-state index contributed by atoms with van der Waals surface area (Å²) in [5.74, 6) is 0. The Morgan fingerprint density at radius 1 is 1.00 bits per heavy atom. The molecule has 6 N–H and O–H groups in total. The molecule has 80 valence electrons. The first kappa shape index (κ1) is 13.1. The van der Waals surface area contributed by atoms with Crippen LogP contribution in [-0.2, 0) is 0 Å². The maximum Gasteiger partial charge on any atom is 0.111 e. The van der Waals surface area contributed by atoms with Crippen molar-refractivity contribution in [3.05, 3.63) is 0 Å². The molecule has 0 heterocycles.